The normalized spacial score (nSPS) is 13.8. The second-order valence-corrected chi connectivity index (χ2v) is 4.18. The van der Waals surface area contributed by atoms with Crippen molar-refractivity contribution < 1.29 is 0 Å². The highest BCUT2D eigenvalue weighted by Gasteiger charge is 2.12. The number of rotatable bonds is 2. The first-order valence-electron chi connectivity index (χ1n) is 5.72. The van der Waals surface area contributed by atoms with Crippen LogP contribution in [0.1, 0.15) is 17.5 Å². The van der Waals surface area contributed by atoms with Crippen LogP contribution in [-0.2, 0) is 12.8 Å². The van der Waals surface area contributed by atoms with Gasteiger partial charge in [-0.1, -0.05) is 6.07 Å². The van der Waals surface area contributed by atoms with Crippen LogP contribution in [0.4, 0.5) is 5.95 Å². The lowest BCUT2D eigenvalue weighted by molar-refractivity contribution is 0.911. The summed E-state index contributed by atoms with van der Waals surface area (Å²) in [6.45, 7) is 0. The van der Waals surface area contributed by atoms with Crippen molar-refractivity contribution in [2.45, 2.75) is 19.3 Å². The summed E-state index contributed by atoms with van der Waals surface area (Å²) >= 11 is 0. The second kappa shape index (κ2) is 3.67. The number of aryl methyl sites for hydroxylation is 2. The van der Waals surface area contributed by atoms with Crippen molar-refractivity contribution in [3.63, 3.8) is 0 Å². The zero-order valence-corrected chi connectivity index (χ0v) is 9.40. The highest BCUT2D eigenvalue weighted by atomic mass is 15.2. The minimum atomic E-state index is 0.887. The lowest BCUT2D eigenvalue weighted by Gasteiger charge is -2.09. The van der Waals surface area contributed by atoms with Gasteiger partial charge in [-0.3, -0.25) is 4.57 Å². The van der Waals surface area contributed by atoms with Crippen molar-refractivity contribution in [3.05, 3.63) is 41.7 Å². The van der Waals surface area contributed by atoms with Gasteiger partial charge in [-0.2, -0.15) is 0 Å². The summed E-state index contributed by atoms with van der Waals surface area (Å²) in [5.41, 5.74) is 4.20. The number of nitrogens with one attached hydrogen (secondary N) is 1. The van der Waals surface area contributed by atoms with Crippen LogP contribution in [0.3, 0.4) is 0 Å². The molecule has 1 aromatic carbocycles. The fraction of sp³-hybridized carbons (Fsp3) is 0.308. The van der Waals surface area contributed by atoms with Crippen LogP contribution < -0.4 is 5.32 Å². The third-order valence-corrected chi connectivity index (χ3v) is 3.22. The van der Waals surface area contributed by atoms with Crippen molar-refractivity contribution in [3.8, 4) is 5.69 Å². The molecule has 0 amide bonds. The molecule has 0 bridgehead atoms. The summed E-state index contributed by atoms with van der Waals surface area (Å²) in [5, 5.41) is 3.09. The Hall–Kier alpha value is -1.77. The Morgan fingerprint density at radius 3 is 3.00 bits per heavy atom. The number of hydrogen-bond acceptors (Lipinski definition) is 2. The summed E-state index contributed by atoms with van der Waals surface area (Å²) in [6, 6.07) is 6.70. The van der Waals surface area contributed by atoms with E-state index in [0.717, 1.165) is 5.95 Å². The highest BCUT2D eigenvalue weighted by Crippen LogP contribution is 2.25. The van der Waals surface area contributed by atoms with Crippen molar-refractivity contribution in [2.75, 3.05) is 12.4 Å². The van der Waals surface area contributed by atoms with Gasteiger partial charge >= 0.3 is 0 Å². The molecule has 1 aliphatic rings. The number of hydrogen-bond donors (Lipinski definition) is 1. The molecule has 3 rings (SSSR count). The van der Waals surface area contributed by atoms with Crippen molar-refractivity contribution in [2.24, 2.45) is 0 Å². The van der Waals surface area contributed by atoms with E-state index in [4.69, 9.17) is 0 Å². The molecular formula is C13H15N3. The van der Waals surface area contributed by atoms with E-state index in [-0.39, 0.29) is 0 Å². The quantitative estimate of drug-likeness (QED) is 0.830. The van der Waals surface area contributed by atoms with Crippen molar-refractivity contribution in [1.29, 1.82) is 0 Å². The molecule has 1 aliphatic carbocycles. The predicted molar refractivity (Wildman–Crippen MR) is 65.1 cm³/mol. The first kappa shape index (κ1) is 9.46. The van der Waals surface area contributed by atoms with Crippen molar-refractivity contribution >= 4 is 5.95 Å². The summed E-state index contributed by atoms with van der Waals surface area (Å²) in [5.74, 6) is 0.887. The van der Waals surface area contributed by atoms with Gasteiger partial charge in [0.05, 0.1) is 0 Å². The standard InChI is InChI=1S/C13H15N3/c1-14-13-15-7-8-16(13)12-6-5-10-3-2-4-11(10)9-12/h5-9H,2-4H2,1H3,(H,14,15). The molecule has 2 aromatic rings. The van der Waals surface area contributed by atoms with Crippen LogP contribution in [0.5, 0.6) is 0 Å². The maximum atomic E-state index is 4.26. The van der Waals surface area contributed by atoms with Gasteiger partial charge in [0, 0.05) is 25.1 Å². The molecule has 0 radical (unpaired) electrons. The van der Waals surface area contributed by atoms with Gasteiger partial charge in [-0.05, 0) is 42.5 Å². The SMILES string of the molecule is CNc1nccn1-c1ccc2c(c1)CCC2. The fourth-order valence-electron chi connectivity index (χ4n) is 2.40. The minimum absolute atomic E-state index is 0.887. The highest BCUT2D eigenvalue weighted by molar-refractivity contribution is 5.47. The van der Waals surface area contributed by atoms with Crippen LogP contribution in [0.2, 0.25) is 0 Å². The largest absolute Gasteiger partial charge is 0.358 e. The van der Waals surface area contributed by atoms with E-state index in [1.54, 1.807) is 0 Å². The third kappa shape index (κ3) is 1.40. The summed E-state index contributed by atoms with van der Waals surface area (Å²) < 4.78 is 2.08. The molecule has 0 unspecified atom stereocenters. The van der Waals surface area contributed by atoms with Gasteiger partial charge in [-0.25, -0.2) is 4.98 Å². The van der Waals surface area contributed by atoms with Crippen LogP contribution >= 0.6 is 0 Å². The Morgan fingerprint density at radius 1 is 1.25 bits per heavy atom. The number of anilines is 1. The van der Waals surface area contributed by atoms with Gasteiger partial charge in [-0.15, -0.1) is 0 Å². The minimum Gasteiger partial charge on any atom is -0.358 e. The van der Waals surface area contributed by atoms with E-state index in [2.05, 4.69) is 33.1 Å². The Kier molecular flexibility index (Phi) is 2.17. The molecule has 0 fully saturated rings. The Morgan fingerprint density at radius 2 is 2.12 bits per heavy atom. The zero-order valence-electron chi connectivity index (χ0n) is 9.40. The monoisotopic (exact) mass is 213 g/mol. The van der Waals surface area contributed by atoms with Gasteiger partial charge in [0.25, 0.3) is 0 Å². The smallest absolute Gasteiger partial charge is 0.207 e. The van der Waals surface area contributed by atoms with E-state index >= 15 is 0 Å². The Labute approximate surface area is 95.1 Å². The molecule has 3 heteroatoms. The maximum Gasteiger partial charge on any atom is 0.207 e. The van der Waals surface area contributed by atoms with Crippen LogP contribution in [-0.4, -0.2) is 16.6 Å². The number of nitrogens with zero attached hydrogens (tertiary/aromatic N) is 2. The third-order valence-electron chi connectivity index (χ3n) is 3.22. The van der Waals surface area contributed by atoms with E-state index in [1.807, 2.05) is 19.4 Å². The molecule has 1 aromatic heterocycles. The van der Waals surface area contributed by atoms with Crippen LogP contribution in [0.25, 0.3) is 5.69 Å². The molecule has 0 spiro atoms. The molecule has 0 saturated carbocycles. The molecule has 1 N–H and O–H groups in total. The summed E-state index contributed by atoms with van der Waals surface area (Å²) in [4.78, 5) is 4.26. The lowest BCUT2D eigenvalue weighted by atomic mass is 10.1. The molecular weight excluding hydrogens is 198 g/mol. The second-order valence-electron chi connectivity index (χ2n) is 4.18. The van der Waals surface area contributed by atoms with Crippen molar-refractivity contribution in [1.82, 2.24) is 9.55 Å². The van der Waals surface area contributed by atoms with E-state index in [1.165, 1.54) is 36.1 Å². The van der Waals surface area contributed by atoms with Crippen LogP contribution in [0.15, 0.2) is 30.6 Å². The zero-order chi connectivity index (χ0) is 11.0. The molecule has 0 atom stereocenters. The van der Waals surface area contributed by atoms with E-state index in [0.29, 0.717) is 0 Å². The summed E-state index contributed by atoms with van der Waals surface area (Å²) in [6.07, 6.45) is 7.55. The Balaban J connectivity index is 2.07. The average Bonchev–Trinajstić information content (AvgIpc) is 2.96. The molecule has 0 aliphatic heterocycles. The van der Waals surface area contributed by atoms with Gasteiger partial charge < -0.3 is 5.32 Å². The predicted octanol–water partition coefficient (Wildman–Crippen LogP) is 2.40. The lowest BCUT2D eigenvalue weighted by Crippen LogP contribution is -2.01. The topological polar surface area (TPSA) is 29.9 Å². The van der Waals surface area contributed by atoms with Crippen LogP contribution in [0, 0.1) is 0 Å². The molecule has 82 valence electrons. The van der Waals surface area contributed by atoms with Gasteiger partial charge in [0.2, 0.25) is 5.95 Å². The summed E-state index contributed by atoms with van der Waals surface area (Å²) in [7, 11) is 1.90. The van der Waals surface area contributed by atoms with E-state index in [9.17, 15) is 0 Å². The number of benzene rings is 1. The first-order valence-corrected chi connectivity index (χ1v) is 5.72. The fourth-order valence-corrected chi connectivity index (χ4v) is 2.40. The molecule has 1 heterocycles. The van der Waals surface area contributed by atoms with E-state index < -0.39 is 0 Å². The first-order chi connectivity index (χ1) is 7.88. The molecule has 0 saturated heterocycles. The number of imidazole rings is 1. The Bertz CT molecular complexity index is 514. The molecule has 16 heavy (non-hydrogen) atoms. The van der Waals surface area contributed by atoms with Gasteiger partial charge in [0.15, 0.2) is 0 Å². The maximum absolute atomic E-state index is 4.26. The number of fused-ring (bicyclic) bond motifs is 1. The molecule has 3 nitrogen and oxygen atoms in total. The van der Waals surface area contributed by atoms with Gasteiger partial charge in [0.1, 0.15) is 0 Å². The number of aromatic nitrogens is 2. The average molecular weight is 213 g/mol.